The minimum absolute atomic E-state index is 0.0784. The van der Waals surface area contributed by atoms with E-state index in [4.69, 9.17) is 0 Å². The molecule has 3 rings (SSSR count). The summed E-state index contributed by atoms with van der Waals surface area (Å²) in [5.74, 6) is -0.347. The highest BCUT2D eigenvalue weighted by Crippen LogP contribution is 2.29. The van der Waals surface area contributed by atoms with Crippen molar-refractivity contribution in [1.29, 1.82) is 5.26 Å². The van der Waals surface area contributed by atoms with Gasteiger partial charge in [-0.25, -0.2) is 4.57 Å². The molecule has 1 N–H and O–H groups in total. The van der Waals surface area contributed by atoms with E-state index in [-0.39, 0.29) is 17.0 Å². The average molecular weight is 288 g/mol. The fourth-order valence-corrected chi connectivity index (χ4v) is 2.38. The largest absolute Gasteiger partial charge is 0.493 e. The van der Waals surface area contributed by atoms with E-state index in [1.54, 1.807) is 36.4 Å². The maximum atomic E-state index is 12.4. The van der Waals surface area contributed by atoms with Gasteiger partial charge in [-0.15, -0.1) is 0 Å². The van der Waals surface area contributed by atoms with Crippen molar-refractivity contribution in [2.45, 2.75) is 0 Å². The molecule has 0 amide bonds. The predicted octanol–water partition coefficient (Wildman–Crippen LogP) is 3.08. The number of hydrogen-bond donors (Lipinski definition) is 1. The van der Waals surface area contributed by atoms with Gasteiger partial charge in [-0.3, -0.25) is 4.79 Å². The van der Waals surface area contributed by atoms with E-state index in [1.807, 2.05) is 30.3 Å². The lowest BCUT2D eigenvalue weighted by molar-refractivity contribution is 0.434. The molecular formula is C18H12N2O2. The minimum Gasteiger partial charge on any atom is -0.493 e. The van der Waals surface area contributed by atoms with Crippen LogP contribution in [0.1, 0.15) is 5.56 Å². The first-order valence-corrected chi connectivity index (χ1v) is 6.72. The molecule has 0 bridgehead atoms. The Bertz CT molecular complexity index is 908. The van der Waals surface area contributed by atoms with Crippen molar-refractivity contribution in [2.24, 2.45) is 0 Å². The summed E-state index contributed by atoms with van der Waals surface area (Å²) in [6, 6.07) is 21.2. The van der Waals surface area contributed by atoms with Gasteiger partial charge in [0, 0.05) is 11.6 Å². The Morgan fingerprint density at radius 2 is 1.55 bits per heavy atom. The van der Waals surface area contributed by atoms with Crippen LogP contribution in [0, 0.1) is 11.3 Å². The molecule has 0 aliphatic carbocycles. The fourth-order valence-electron chi connectivity index (χ4n) is 2.38. The third kappa shape index (κ3) is 2.25. The highest BCUT2D eigenvalue weighted by atomic mass is 16.3. The topological polar surface area (TPSA) is 66.0 Å². The SMILES string of the molecule is N#Cc1c(-c2ccccc2)cc(=O)n(-c2ccccc2)c1O. The van der Waals surface area contributed by atoms with Gasteiger partial charge in [0.25, 0.3) is 5.56 Å². The first-order valence-electron chi connectivity index (χ1n) is 6.72. The summed E-state index contributed by atoms with van der Waals surface area (Å²) in [6.07, 6.45) is 0. The molecule has 4 nitrogen and oxygen atoms in total. The van der Waals surface area contributed by atoms with Crippen LogP contribution in [0.3, 0.4) is 0 Å². The molecule has 0 aliphatic rings. The van der Waals surface area contributed by atoms with Gasteiger partial charge in [-0.05, 0) is 17.7 Å². The molecule has 22 heavy (non-hydrogen) atoms. The molecule has 1 heterocycles. The first-order chi connectivity index (χ1) is 10.7. The van der Waals surface area contributed by atoms with E-state index in [1.165, 1.54) is 6.07 Å². The van der Waals surface area contributed by atoms with Crippen LogP contribution < -0.4 is 5.56 Å². The Labute approximate surface area is 127 Å². The molecule has 3 aromatic rings. The number of aromatic hydroxyl groups is 1. The van der Waals surface area contributed by atoms with Crippen molar-refractivity contribution in [2.75, 3.05) is 0 Å². The Balaban J connectivity index is 2.31. The monoisotopic (exact) mass is 288 g/mol. The molecule has 0 fully saturated rings. The lowest BCUT2D eigenvalue weighted by Gasteiger charge is -2.12. The molecular weight excluding hydrogens is 276 g/mol. The summed E-state index contributed by atoms with van der Waals surface area (Å²) in [5.41, 5.74) is 1.35. The number of aromatic nitrogens is 1. The second-order valence-corrected chi connectivity index (χ2v) is 4.74. The lowest BCUT2D eigenvalue weighted by atomic mass is 10.0. The molecule has 1 aromatic heterocycles. The summed E-state index contributed by atoms with van der Waals surface area (Å²) in [6.45, 7) is 0. The van der Waals surface area contributed by atoms with Gasteiger partial charge < -0.3 is 5.11 Å². The van der Waals surface area contributed by atoms with E-state index in [0.717, 1.165) is 4.57 Å². The molecule has 106 valence electrons. The summed E-state index contributed by atoms with van der Waals surface area (Å²) in [4.78, 5) is 12.4. The van der Waals surface area contributed by atoms with Gasteiger partial charge in [0.05, 0.1) is 5.69 Å². The zero-order valence-corrected chi connectivity index (χ0v) is 11.6. The van der Waals surface area contributed by atoms with Crippen LogP contribution >= 0.6 is 0 Å². The Morgan fingerprint density at radius 1 is 0.955 bits per heavy atom. The lowest BCUT2D eigenvalue weighted by Crippen LogP contribution is -2.18. The van der Waals surface area contributed by atoms with Gasteiger partial charge >= 0.3 is 0 Å². The molecule has 0 spiro atoms. The first kappa shape index (κ1) is 13.7. The van der Waals surface area contributed by atoms with Crippen LogP contribution in [0.15, 0.2) is 71.5 Å². The van der Waals surface area contributed by atoms with E-state index >= 15 is 0 Å². The van der Waals surface area contributed by atoms with Gasteiger partial charge in [0.2, 0.25) is 5.88 Å². The maximum absolute atomic E-state index is 12.4. The average Bonchev–Trinajstić information content (AvgIpc) is 2.56. The number of pyridine rings is 1. The number of nitrogens with zero attached hydrogens (tertiary/aromatic N) is 2. The van der Waals surface area contributed by atoms with Crippen LogP contribution in [-0.4, -0.2) is 9.67 Å². The normalized spacial score (nSPS) is 10.1. The van der Waals surface area contributed by atoms with Crippen molar-refractivity contribution in [3.8, 4) is 28.8 Å². The quantitative estimate of drug-likeness (QED) is 0.788. The van der Waals surface area contributed by atoms with Crippen LogP contribution in [0.2, 0.25) is 0 Å². The molecule has 2 aromatic carbocycles. The predicted molar refractivity (Wildman–Crippen MR) is 83.9 cm³/mol. The van der Waals surface area contributed by atoms with Crippen LogP contribution in [-0.2, 0) is 0 Å². The van der Waals surface area contributed by atoms with Crippen LogP contribution in [0.5, 0.6) is 5.88 Å². The van der Waals surface area contributed by atoms with Crippen molar-refractivity contribution in [3.05, 3.63) is 82.6 Å². The van der Waals surface area contributed by atoms with Crippen molar-refractivity contribution < 1.29 is 5.11 Å². The van der Waals surface area contributed by atoms with E-state index in [0.29, 0.717) is 16.8 Å². The third-order valence-electron chi connectivity index (χ3n) is 3.40. The smallest absolute Gasteiger partial charge is 0.258 e. The Morgan fingerprint density at radius 3 is 2.14 bits per heavy atom. The highest BCUT2D eigenvalue weighted by molar-refractivity contribution is 5.72. The molecule has 0 unspecified atom stereocenters. The molecule has 0 saturated heterocycles. The highest BCUT2D eigenvalue weighted by Gasteiger charge is 2.17. The number of rotatable bonds is 2. The number of hydrogen-bond acceptors (Lipinski definition) is 3. The van der Waals surface area contributed by atoms with E-state index < -0.39 is 0 Å². The zero-order valence-electron chi connectivity index (χ0n) is 11.6. The Hall–Kier alpha value is -3.32. The van der Waals surface area contributed by atoms with E-state index in [9.17, 15) is 15.2 Å². The number of nitriles is 1. The summed E-state index contributed by atoms with van der Waals surface area (Å²) >= 11 is 0. The molecule has 4 heteroatoms. The summed E-state index contributed by atoms with van der Waals surface area (Å²) in [7, 11) is 0. The van der Waals surface area contributed by atoms with Crippen LogP contribution in [0.25, 0.3) is 16.8 Å². The van der Waals surface area contributed by atoms with Gasteiger partial charge in [0.1, 0.15) is 11.6 Å². The molecule has 0 saturated carbocycles. The van der Waals surface area contributed by atoms with Crippen LogP contribution in [0.4, 0.5) is 0 Å². The van der Waals surface area contributed by atoms with Gasteiger partial charge in [0.15, 0.2) is 0 Å². The summed E-state index contributed by atoms with van der Waals surface area (Å²) in [5, 5.41) is 19.8. The third-order valence-corrected chi connectivity index (χ3v) is 3.40. The molecule has 0 aliphatic heterocycles. The minimum atomic E-state index is -0.387. The van der Waals surface area contributed by atoms with Gasteiger partial charge in [-0.1, -0.05) is 48.5 Å². The zero-order chi connectivity index (χ0) is 15.5. The van der Waals surface area contributed by atoms with Crippen molar-refractivity contribution in [1.82, 2.24) is 4.57 Å². The summed E-state index contributed by atoms with van der Waals surface area (Å²) < 4.78 is 1.13. The number of benzene rings is 2. The number of para-hydroxylation sites is 1. The fraction of sp³-hybridized carbons (Fsp3) is 0. The molecule has 0 radical (unpaired) electrons. The standard InChI is InChI=1S/C18H12N2O2/c19-12-16-15(13-7-3-1-4-8-13)11-17(21)20(18(16)22)14-9-5-2-6-10-14/h1-11,22H. The second-order valence-electron chi connectivity index (χ2n) is 4.74. The van der Waals surface area contributed by atoms with E-state index in [2.05, 4.69) is 0 Å². The maximum Gasteiger partial charge on any atom is 0.258 e. The van der Waals surface area contributed by atoms with Crippen molar-refractivity contribution in [3.63, 3.8) is 0 Å². The van der Waals surface area contributed by atoms with Gasteiger partial charge in [-0.2, -0.15) is 5.26 Å². The van der Waals surface area contributed by atoms with Crippen molar-refractivity contribution >= 4 is 0 Å². The Kier molecular flexibility index (Phi) is 3.47. The molecule has 0 atom stereocenters. The second kappa shape index (κ2) is 5.58.